The zero-order valence-corrected chi connectivity index (χ0v) is 18.0. The van der Waals surface area contributed by atoms with Gasteiger partial charge in [0.05, 0.1) is 7.11 Å². The average Bonchev–Trinajstić information content (AvgIpc) is 2.80. The molecule has 0 saturated heterocycles. The third-order valence-electron chi connectivity index (χ3n) is 4.74. The quantitative estimate of drug-likeness (QED) is 0.319. The maximum atomic E-state index is 11.9. The highest BCUT2D eigenvalue weighted by Crippen LogP contribution is 2.24. The molecule has 1 aromatic heterocycles. The molecule has 0 aliphatic heterocycles. The van der Waals surface area contributed by atoms with Crippen molar-refractivity contribution in [1.82, 2.24) is 9.97 Å². The Morgan fingerprint density at radius 1 is 1.09 bits per heavy atom. The normalized spacial score (nSPS) is 10.2. The van der Waals surface area contributed by atoms with Gasteiger partial charge < -0.3 is 20.9 Å². The van der Waals surface area contributed by atoms with Gasteiger partial charge in [0.2, 0.25) is 5.95 Å². The minimum atomic E-state index is -0.217. The fourth-order valence-electron chi connectivity index (χ4n) is 3.07. The first-order valence-corrected chi connectivity index (χ1v) is 10.3. The van der Waals surface area contributed by atoms with Crippen molar-refractivity contribution in [1.29, 1.82) is 0 Å². The van der Waals surface area contributed by atoms with Crippen molar-refractivity contribution in [2.24, 2.45) is 0 Å². The van der Waals surface area contributed by atoms with Crippen molar-refractivity contribution in [3.8, 4) is 17.6 Å². The molecule has 7 heteroatoms. The minimum absolute atomic E-state index is 0.141. The van der Waals surface area contributed by atoms with E-state index in [2.05, 4.69) is 21.8 Å². The van der Waals surface area contributed by atoms with E-state index in [1.807, 2.05) is 48.5 Å². The smallest absolute Gasteiger partial charge is 0.306 e. The van der Waals surface area contributed by atoms with E-state index in [4.69, 9.17) is 20.9 Å². The van der Waals surface area contributed by atoms with Gasteiger partial charge in [-0.05, 0) is 35.7 Å². The second kappa shape index (κ2) is 11.4. The van der Waals surface area contributed by atoms with Crippen LogP contribution in [0.25, 0.3) is 0 Å². The Morgan fingerprint density at radius 2 is 1.91 bits per heavy atom. The Balaban J connectivity index is 1.53. The summed E-state index contributed by atoms with van der Waals surface area (Å²) < 4.78 is 10.7. The Hall–Kier alpha value is -4.05. The molecule has 32 heavy (non-hydrogen) atoms. The number of methoxy groups -OCH3 is 1. The van der Waals surface area contributed by atoms with Gasteiger partial charge in [0, 0.05) is 36.6 Å². The van der Waals surface area contributed by atoms with E-state index in [0.717, 1.165) is 28.0 Å². The molecule has 3 aromatic rings. The van der Waals surface area contributed by atoms with E-state index >= 15 is 0 Å². The molecule has 0 bridgehead atoms. The molecule has 0 atom stereocenters. The van der Waals surface area contributed by atoms with Gasteiger partial charge in [-0.2, -0.15) is 4.98 Å². The van der Waals surface area contributed by atoms with Crippen LogP contribution in [0.15, 0.2) is 54.7 Å². The molecule has 0 aliphatic carbocycles. The van der Waals surface area contributed by atoms with Crippen molar-refractivity contribution < 1.29 is 14.3 Å². The number of ether oxygens (including phenoxy) is 2. The highest BCUT2D eigenvalue weighted by atomic mass is 16.5. The van der Waals surface area contributed by atoms with Gasteiger partial charge in [-0.1, -0.05) is 42.2 Å². The van der Waals surface area contributed by atoms with Gasteiger partial charge in [0.1, 0.15) is 18.2 Å². The summed E-state index contributed by atoms with van der Waals surface area (Å²) in [5.74, 6) is 7.25. The number of carbonyl (C=O) groups excluding carboxylic acids is 1. The van der Waals surface area contributed by atoms with Gasteiger partial charge in [0.25, 0.3) is 0 Å². The van der Waals surface area contributed by atoms with Crippen molar-refractivity contribution in [3.05, 3.63) is 77.0 Å². The number of hydrogen-bond donors (Lipinski definition) is 2. The lowest BCUT2D eigenvalue weighted by Gasteiger charge is -2.10. The molecule has 7 nitrogen and oxygen atoms in total. The lowest BCUT2D eigenvalue weighted by atomic mass is 10.0. The van der Waals surface area contributed by atoms with E-state index in [0.29, 0.717) is 38.1 Å². The predicted octanol–water partition coefficient (Wildman–Crippen LogP) is 3.51. The number of benzene rings is 2. The summed E-state index contributed by atoms with van der Waals surface area (Å²) >= 11 is 0. The fourth-order valence-corrected chi connectivity index (χ4v) is 3.07. The Morgan fingerprint density at radius 3 is 2.66 bits per heavy atom. The average molecular weight is 431 g/mol. The predicted molar refractivity (Wildman–Crippen MR) is 124 cm³/mol. The molecule has 1 heterocycles. The lowest BCUT2D eigenvalue weighted by Crippen LogP contribution is -2.04. The Kier molecular flexibility index (Phi) is 8.04. The van der Waals surface area contributed by atoms with Crippen molar-refractivity contribution >= 4 is 17.7 Å². The summed E-state index contributed by atoms with van der Waals surface area (Å²) in [4.78, 5) is 19.9. The zero-order valence-electron chi connectivity index (χ0n) is 18.0. The van der Waals surface area contributed by atoms with E-state index in [1.54, 1.807) is 13.3 Å². The summed E-state index contributed by atoms with van der Waals surface area (Å²) in [5, 5.41) is 0. The molecular weight excluding hydrogens is 404 g/mol. The second-order valence-corrected chi connectivity index (χ2v) is 7.14. The maximum absolute atomic E-state index is 11.9. The number of rotatable bonds is 8. The number of unbranched alkanes of at least 4 members (excludes halogenated alkanes) is 1. The molecule has 0 amide bonds. The van der Waals surface area contributed by atoms with E-state index in [1.165, 1.54) is 0 Å². The van der Waals surface area contributed by atoms with Crippen LogP contribution in [0.3, 0.4) is 0 Å². The van der Waals surface area contributed by atoms with E-state index < -0.39 is 0 Å². The monoisotopic (exact) mass is 430 g/mol. The summed E-state index contributed by atoms with van der Waals surface area (Å²) in [6, 6.07) is 15.3. The molecule has 3 rings (SSSR count). The number of esters is 1. The maximum Gasteiger partial charge on any atom is 0.306 e. The van der Waals surface area contributed by atoms with E-state index in [9.17, 15) is 4.79 Å². The highest BCUT2D eigenvalue weighted by Gasteiger charge is 2.09. The lowest BCUT2D eigenvalue weighted by molar-refractivity contribution is -0.145. The Bertz CT molecular complexity index is 1120. The summed E-state index contributed by atoms with van der Waals surface area (Å²) in [6.07, 6.45) is 3.69. The number of nitrogen functional groups attached to an aromatic ring is 2. The van der Waals surface area contributed by atoms with Crippen LogP contribution in [-0.4, -0.2) is 23.0 Å². The molecule has 0 saturated carbocycles. The van der Waals surface area contributed by atoms with Crippen LogP contribution in [0.4, 0.5) is 11.8 Å². The molecule has 0 radical (unpaired) electrons. The summed E-state index contributed by atoms with van der Waals surface area (Å²) in [6.45, 7) is 0.295. The van der Waals surface area contributed by atoms with Gasteiger partial charge >= 0.3 is 5.97 Å². The summed E-state index contributed by atoms with van der Waals surface area (Å²) in [5.41, 5.74) is 15.0. The number of nitrogens with two attached hydrogens (primary N) is 2. The van der Waals surface area contributed by atoms with Crippen LogP contribution in [0.1, 0.15) is 41.5 Å². The molecule has 0 unspecified atom stereocenters. The molecule has 2 aromatic carbocycles. The minimum Gasteiger partial charge on any atom is -0.496 e. The molecule has 4 N–H and O–H groups in total. The first-order chi connectivity index (χ1) is 15.5. The highest BCUT2D eigenvalue weighted by molar-refractivity contribution is 5.69. The standard InChI is InChI=1S/C25H26N4O3/c1-31-22-13-12-18(14-20(22)15-21-16-28-25(27)29-24(21)26)8-4-3-7-11-23(30)32-17-19-9-5-2-6-10-19/h2,5-6,9-10,12-14,16H,3,7,11,15,17H2,1H3,(H4,26,27,28,29). The molecule has 0 spiro atoms. The second-order valence-electron chi connectivity index (χ2n) is 7.14. The number of anilines is 2. The van der Waals surface area contributed by atoms with E-state index in [-0.39, 0.29) is 11.9 Å². The molecule has 0 fully saturated rings. The largest absolute Gasteiger partial charge is 0.496 e. The van der Waals surface area contributed by atoms with Crippen LogP contribution in [0, 0.1) is 11.8 Å². The van der Waals surface area contributed by atoms with Crippen LogP contribution in [-0.2, 0) is 22.6 Å². The van der Waals surface area contributed by atoms with Gasteiger partial charge in [-0.3, -0.25) is 4.79 Å². The number of hydrogen-bond acceptors (Lipinski definition) is 7. The third kappa shape index (κ3) is 6.74. The van der Waals surface area contributed by atoms with Gasteiger partial charge in [0.15, 0.2) is 0 Å². The topological polar surface area (TPSA) is 113 Å². The van der Waals surface area contributed by atoms with Gasteiger partial charge in [-0.15, -0.1) is 0 Å². The SMILES string of the molecule is COc1ccc(C#CCCCC(=O)OCc2ccccc2)cc1Cc1cnc(N)nc1N. The Labute approximate surface area is 187 Å². The molecule has 0 aliphatic rings. The third-order valence-corrected chi connectivity index (χ3v) is 4.74. The number of aromatic nitrogens is 2. The fraction of sp³-hybridized carbons (Fsp3) is 0.240. The molecular formula is C25H26N4O3. The summed E-state index contributed by atoms with van der Waals surface area (Å²) in [7, 11) is 1.61. The van der Waals surface area contributed by atoms with Crippen LogP contribution in [0.2, 0.25) is 0 Å². The van der Waals surface area contributed by atoms with Crippen molar-refractivity contribution in [2.45, 2.75) is 32.3 Å². The van der Waals surface area contributed by atoms with Crippen LogP contribution >= 0.6 is 0 Å². The number of nitrogens with zero attached hydrogens (tertiary/aromatic N) is 2. The van der Waals surface area contributed by atoms with Crippen molar-refractivity contribution in [3.63, 3.8) is 0 Å². The number of carbonyl (C=O) groups is 1. The van der Waals surface area contributed by atoms with Crippen LogP contribution < -0.4 is 16.2 Å². The first-order valence-electron chi connectivity index (χ1n) is 10.3. The molecule has 164 valence electrons. The zero-order chi connectivity index (χ0) is 22.8. The first kappa shape index (κ1) is 22.6. The van der Waals surface area contributed by atoms with Crippen LogP contribution in [0.5, 0.6) is 5.75 Å². The van der Waals surface area contributed by atoms with Gasteiger partial charge in [-0.25, -0.2) is 4.98 Å². The van der Waals surface area contributed by atoms with Crippen molar-refractivity contribution in [2.75, 3.05) is 18.6 Å².